The Kier molecular flexibility index (Phi) is 3.92. The van der Waals surface area contributed by atoms with Crippen LogP contribution in [0.15, 0.2) is 24.3 Å². The third kappa shape index (κ3) is 3.12. The fraction of sp³-hybridized carbons (Fsp3) is 0.562. The number of amides is 1. The molecule has 1 aromatic carbocycles. The molecule has 1 heterocycles. The van der Waals surface area contributed by atoms with Crippen molar-refractivity contribution < 1.29 is 4.79 Å². The van der Waals surface area contributed by atoms with E-state index in [0.29, 0.717) is 12.1 Å². The molecule has 1 aliphatic heterocycles. The average Bonchev–Trinajstić information content (AvgIpc) is 3.00. The summed E-state index contributed by atoms with van der Waals surface area (Å²) in [4.78, 5) is 14.4. The lowest BCUT2D eigenvalue weighted by Gasteiger charge is -2.16. The highest BCUT2D eigenvalue weighted by Gasteiger charge is 2.35. The lowest BCUT2D eigenvalue weighted by Crippen LogP contribution is -2.26. The van der Waals surface area contributed by atoms with Gasteiger partial charge in [0, 0.05) is 37.4 Å². The molecule has 1 saturated carbocycles. The van der Waals surface area contributed by atoms with Gasteiger partial charge in [-0.15, -0.1) is 0 Å². The van der Waals surface area contributed by atoms with Crippen LogP contribution in [-0.4, -0.2) is 30.4 Å². The van der Waals surface area contributed by atoms with Crippen LogP contribution in [0.25, 0.3) is 0 Å². The van der Waals surface area contributed by atoms with Crippen LogP contribution in [0.4, 0.5) is 11.4 Å². The zero-order valence-corrected chi connectivity index (χ0v) is 11.8. The van der Waals surface area contributed by atoms with Gasteiger partial charge in [-0.1, -0.05) is 6.42 Å². The van der Waals surface area contributed by atoms with E-state index >= 15 is 0 Å². The molecular weight excluding hydrogens is 250 g/mol. The quantitative estimate of drug-likeness (QED) is 0.828. The number of carbonyl (C=O) groups excluding carboxylic acids is 1. The minimum atomic E-state index is 0.0897. The van der Waals surface area contributed by atoms with Gasteiger partial charge in [-0.3, -0.25) is 4.79 Å². The Morgan fingerprint density at radius 1 is 1.20 bits per heavy atom. The maximum atomic E-state index is 11.9. The molecule has 1 aromatic rings. The van der Waals surface area contributed by atoms with Crippen molar-refractivity contribution >= 4 is 17.3 Å². The number of fused-ring (bicyclic) bond motifs is 1. The summed E-state index contributed by atoms with van der Waals surface area (Å²) in [5, 5.41) is 2.92. The molecule has 2 unspecified atom stereocenters. The number of hydrogen-bond acceptors (Lipinski definition) is 3. The van der Waals surface area contributed by atoms with Crippen LogP contribution < -0.4 is 11.1 Å². The fourth-order valence-electron chi connectivity index (χ4n) is 3.56. The van der Waals surface area contributed by atoms with Crippen LogP contribution in [0, 0.1) is 11.8 Å². The van der Waals surface area contributed by atoms with Gasteiger partial charge in [-0.05, 0) is 48.9 Å². The molecule has 1 aliphatic carbocycles. The smallest absolute Gasteiger partial charge is 0.225 e. The molecule has 3 N–H and O–H groups in total. The molecule has 20 heavy (non-hydrogen) atoms. The number of rotatable bonds is 4. The van der Waals surface area contributed by atoms with Gasteiger partial charge in [0.15, 0.2) is 0 Å². The molecule has 108 valence electrons. The number of hydrogen-bond donors (Lipinski definition) is 2. The minimum Gasteiger partial charge on any atom is -0.399 e. The maximum Gasteiger partial charge on any atom is 0.225 e. The van der Waals surface area contributed by atoms with E-state index in [2.05, 4.69) is 10.2 Å². The molecule has 0 spiro atoms. The summed E-state index contributed by atoms with van der Waals surface area (Å²) in [6.45, 7) is 3.27. The highest BCUT2D eigenvalue weighted by molar-refractivity contribution is 5.90. The molecule has 2 aliphatic rings. The molecule has 0 bridgehead atoms. The second kappa shape index (κ2) is 5.83. The van der Waals surface area contributed by atoms with Crippen molar-refractivity contribution in [3.63, 3.8) is 0 Å². The van der Waals surface area contributed by atoms with Crippen LogP contribution >= 0.6 is 0 Å². The second-order valence-electron chi connectivity index (χ2n) is 6.13. The SMILES string of the molecule is Nc1ccc(NC(=O)CCN2CC3CCCC3C2)cc1. The van der Waals surface area contributed by atoms with Gasteiger partial charge in [0.05, 0.1) is 0 Å². The standard InChI is InChI=1S/C16H23N3O/c17-14-4-6-15(7-5-14)18-16(20)8-9-19-10-12-2-1-3-13(12)11-19/h4-7,12-13H,1-3,8-11,17H2,(H,18,20). The van der Waals surface area contributed by atoms with E-state index in [1.807, 2.05) is 12.1 Å². The summed E-state index contributed by atoms with van der Waals surface area (Å²) in [5.74, 6) is 1.89. The summed E-state index contributed by atoms with van der Waals surface area (Å²) in [7, 11) is 0. The van der Waals surface area contributed by atoms with Crippen LogP contribution in [0.3, 0.4) is 0 Å². The zero-order valence-electron chi connectivity index (χ0n) is 11.8. The first-order chi connectivity index (χ1) is 9.70. The normalized spacial score (nSPS) is 25.6. The number of anilines is 2. The molecule has 0 aromatic heterocycles. The monoisotopic (exact) mass is 273 g/mol. The number of carbonyl (C=O) groups is 1. The van der Waals surface area contributed by atoms with Crippen molar-refractivity contribution in [3.05, 3.63) is 24.3 Å². The van der Waals surface area contributed by atoms with Gasteiger partial charge < -0.3 is 16.0 Å². The lowest BCUT2D eigenvalue weighted by molar-refractivity contribution is -0.116. The molecule has 3 rings (SSSR count). The molecule has 4 nitrogen and oxygen atoms in total. The number of nitrogen functional groups attached to an aromatic ring is 1. The van der Waals surface area contributed by atoms with E-state index in [0.717, 1.165) is 24.1 Å². The van der Waals surface area contributed by atoms with E-state index in [1.54, 1.807) is 12.1 Å². The predicted octanol–water partition coefficient (Wildman–Crippen LogP) is 2.33. The topological polar surface area (TPSA) is 58.4 Å². The van der Waals surface area contributed by atoms with Crippen molar-refractivity contribution in [3.8, 4) is 0 Å². The summed E-state index contributed by atoms with van der Waals surface area (Å²) >= 11 is 0. The number of nitrogens with zero attached hydrogens (tertiary/aromatic N) is 1. The number of nitrogens with one attached hydrogen (secondary N) is 1. The Morgan fingerprint density at radius 2 is 1.85 bits per heavy atom. The van der Waals surface area contributed by atoms with Crippen molar-refractivity contribution in [2.45, 2.75) is 25.7 Å². The lowest BCUT2D eigenvalue weighted by atomic mass is 10.0. The first-order valence-electron chi connectivity index (χ1n) is 7.58. The summed E-state index contributed by atoms with van der Waals surface area (Å²) in [6, 6.07) is 7.29. The fourth-order valence-corrected chi connectivity index (χ4v) is 3.56. The van der Waals surface area contributed by atoms with Crippen LogP contribution in [0.2, 0.25) is 0 Å². The molecule has 4 heteroatoms. The third-order valence-electron chi connectivity index (χ3n) is 4.65. The number of likely N-dealkylation sites (tertiary alicyclic amines) is 1. The molecule has 1 saturated heterocycles. The second-order valence-corrected chi connectivity index (χ2v) is 6.13. The van der Waals surface area contributed by atoms with Gasteiger partial charge in [-0.25, -0.2) is 0 Å². The van der Waals surface area contributed by atoms with Gasteiger partial charge in [0.25, 0.3) is 0 Å². The Hall–Kier alpha value is -1.55. The number of nitrogens with two attached hydrogens (primary N) is 1. The first-order valence-corrected chi connectivity index (χ1v) is 7.58. The Morgan fingerprint density at radius 3 is 2.50 bits per heavy atom. The first kappa shape index (κ1) is 13.4. The maximum absolute atomic E-state index is 11.9. The summed E-state index contributed by atoms with van der Waals surface area (Å²) in [6.07, 6.45) is 4.75. The highest BCUT2D eigenvalue weighted by atomic mass is 16.1. The Labute approximate surface area is 120 Å². The predicted molar refractivity (Wildman–Crippen MR) is 81.4 cm³/mol. The largest absolute Gasteiger partial charge is 0.399 e. The molecular formula is C16H23N3O. The third-order valence-corrected chi connectivity index (χ3v) is 4.65. The van der Waals surface area contributed by atoms with E-state index in [1.165, 1.54) is 32.4 Å². The molecule has 2 fully saturated rings. The Balaban J connectivity index is 1.42. The van der Waals surface area contributed by atoms with Gasteiger partial charge in [0.1, 0.15) is 0 Å². The van der Waals surface area contributed by atoms with E-state index in [-0.39, 0.29) is 5.91 Å². The average molecular weight is 273 g/mol. The zero-order chi connectivity index (χ0) is 13.9. The van der Waals surface area contributed by atoms with Crippen LogP contribution in [0.5, 0.6) is 0 Å². The summed E-state index contributed by atoms with van der Waals surface area (Å²) in [5.41, 5.74) is 7.16. The van der Waals surface area contributed by atoms with Crippen molar-refractivity contribution in [1.82, 2.24) is 4.90 Å². The van der Waals surface area contributed by atoms with E-state index in [4.69, 9.17) is 5.73 Å². The van der Waals surface area contributed by atoms with Crippen molar-refractivity contribution in [2.75, 3.05) is 30.7 Å². The molecule has 0 radical (unpaired) electrons. The van der Waals surface area contributed by atoms with E-state index in [9.17, 15) is 4.79 Å². The van der Waals surface area contributed by atoms with E-state index < -0.39 is 0 Å². The Bertz CT molecular complexity index is 459. The number of benzene rings is 1. The van der Waals surface area contributed by atoms with Crippen LogP contribution in [0.1, 0.15) is 25.7 Å². The van der Waals surface area contributed by atoms with Crippen LogP contribution in [-0.2, 0) is 4.79 Å². The van der Waals surface area contributed by atoms with Gasteiger partial charge >= 0.3 is 0 Å². The van der Waals surface area contributed by atoms with Crippen molar-refractivity contribution in [1.29, 1.82) is 0 Å². The molecule has 1 amide bonds. The van der Waals surface area contributed by atoms with Gasteiger partial charge in [-0.2, -0.15) is 0 Å². The molecule has 2 atom stereocenters. The van der Waals surface area contributed by atoms with Crippen molar-refractivity contribution in [2.24, 2.45) is 11.8 Å². The minimum absolute atomic E-state index is 0.0897. The summed E-state index contributed by atoms with van der Waals surface area (Å²) < 4.78 is 0. The van der Waals surface area contributed by atoms with Gasteiger partial charge in [0.2, 0.25) is 5.91 Å². The highest BCUT2D eigenvalue weighted by Crippen LogP contribution is 2.37.